The van der Waals surface area contributed by atoms with Crippen LogP contribution >= 0.6 is 0 Å². The number of amides is 1. The molecule has 0 radical (unpaired) electrons. The SMILES string of the molecule is CCOC1CC(NC(=O)c2ncoc2C(C)C)C12CCCC2. The molecule has 2 atom stereocenters. The van der Waals surface area contributed by atoms with Gasteiger partial charge in [0.2, 0.25) is 0 Å². The molecule has 0 aliphatic heterocycles. The summed E-state index contributed by atoms with van der Waals surface area (Å²) in [5.41, 5.74) is 0.580. The van der Waals surface area contributed by atoms with Crippen LogP contribution in [0.25, 0.3) is 0 Å². The Morgan fingerprint density at radius 2 is 2.23 bits per heavy atom. The van der Waals surface area contributed by atoms with Gasteiger partial charge >= 0.3 is 0 Å². The number of carbonyl (C=O) groups excluding carboxylic acids is 1. The van der Waals surface area contributed by atoms with E-state index < -0.39 is 0 Å². The van der Waals surface area contributed by atoms with Crippen molar-refractivity contribution < 1.29 is 13.9 Å². The molecule has 2 unspecified atom stereocenters. The van der Waals surface area contributed by atoms with E-state index in [4.69, 9.17) is 9.15 Å². The second kappa shape index (κ2) is 6.03. The molecule has 5 heteroatoms. The molecule has 122 valence electrons. The predicted octanol–water partition coefficient (Wildman–Crippen LogP) is 3.27. The quantitative estimate of drug-likeness (QED) is 0.907. The van der Waals surface area contributed by atoms with Gasteiger partial charge in [0.1, 0.15) is 5.76 Å². The number of carbonyl (C=O) groups is 1. The van der Waals surface area contributed by atoms with Gasteiger partial charge in [0.05, 0.1) is 6.10 Å². The zero-order valence-corrected chi connectivity index (χ0v) is 13.7. The first kappa shape index (κ1) is 15.5. The van der Waals surface area contributed by atoms with Crippen molar-refractivity contribution >= 4 is 5.91 Å². The molecule has 3 rings (SSSR count). The van der Waals surface area contributed by atoms with Crippen LogP contribution in [0.3, 0.4) is 0 Å². The third kappa shape index (κ3) is 2.45. The van der Waals surface area contributed by atoms with Crippen molar-refractivity contribution in [1.29, 1.82) is 0 Å². The summed E-state index contributed by atoms with van der Waals surface area (Å²) in [5, 5.41) is 3.19. The monoisotopic (exact) mass is 306 g/mol. The Labute approximate surface area is 131 Å². The topological polar surface area (TPSA) is 64.4 Å². The molecule has 1 amide bonds. The third-order valence-corrected chi connectivity index (χ3v) is 5.33. The van der Waals surface area contributed by atoms with Crippen LogP contribution in [0.4, 0.5) is 0 Å². The van der Waals surface area contributed by atoms with Gasteiger partial charge in [0, 0.05) is 24.0 Å². The fourth-order valence-corrected chi connectivity index (χ4v) is 4.15. The summed E-state index contributed by atoms with van der Waals surface area (Å²) in [7, 11) is 0. The minimum absolute atomic E-state index is 0.108. The minimum atomic E-state index is -0.108. The van der Waals surface area contributed by atoms with E-state index in [1.54, 1.807) is 0 Å². The first-order valence-corrected chi connectivity index (χ1v) is 8.44. The first-order valence-electron chi connectivity index (χ1n) is 8.44. The maximum Gasteiger partial charge on any atom is 0.273 e. The average Bonchev–Trinajstić information content (AvgIpc) is 3.16. The summed E-state index contributed by atoms with van der Waals surface area (Å²) >= 11 is 0. The molecule has 5 nitrogen and oxygen atoms in total. The van der Waals surface area contributed by atoms with Gasteiger partial charge in [-0.15, -0.1) is 0 Å². The fourth-order valence-electron chi connectivity index (χ4n) is 4.15. The van der Waals surface area contributed by atoms with Crippen molar-refractivity contribution in [2.75, 3.05) is 6.61 Å². The van der Waals surface area contributed by atoms with Gasteiger partial charge in [-0.2, -0.15) is 0 Å². The molecule has 1 aromatic rings. The fraction of sp³-hybridized carbons (Fsp3) is 0.765. The van der Waals surface area contributed by atoms with E-state index in [-0.39, 0.29) is 23.3 Å². The number of aromatic nitrogens is 1. The lowest BCUT2D eigenvalue weighted by Gasteiger charge is -2.54. The van der Waals surface area contributed by atoms with Crippen molar-refractivity contribution in [3.63, 3.8) is 0 Å². The zero-order chi connectivity index (χ0) is 15.7. The highest BCUT2D eigenvalue weighted by molar-refractivity contribution is 5.93. The summed E-state index contributed by atoms with van der Waals surface area (Å²) in [5.74, 6) is 0.712. The summed E-state index contributed by atoms with van der Waals surface area (Å²) in [6.45, 7) is 6.79. The van der Waals surface area contributed by atoms with Crippen molar-refractivity contribution in [3.8, 4) is 0 Å². The normalized spacial score (nSPS) is 26.4. The zero-order valence-electron chi connectivity index (χ0n) is 13.7. The van der Waals surface area contributed by atoms with Gasteiger partial charge in [0.15, 0.2) is 12.1 Å². The van der Waals surface area contributed by atoms with Crippen LogP contribution in [0.5, 0.6) is 0 Å². The van der Waals surface area contributed by atoms with Gasteiger partial charge in [-0.25, -0.2) is 4.98 Å². The lowest BCUT2D eigenvalue weighted by Crippen LogP contribution is -2.63. The van der Waals surface area contributed by atoms with Gasteiger partial charge in [0.25, 0.3) is 5.91 Å². The predicted molar refractivity (Wildman–Crippen MR) is 82.8 cm³/mol. The van der Waals surface area contributed by atoms with Crippen LogP contribution in [0.15, 0.2) is 10.8 Å². The van der Waals surface area contributed by atoms with E-state index in [1.165, 1.54) is 19.2 Å². The number of rotatable bonds is 5. The van der Waals surface area contributed by atoms with Gasteiger partial charge in [-0.05, 0) is 26.2 Å². The minimum Gasteiger partial charge on any atom is -0.447 e. The summed E-state index contributed by atoms with van der Waals surface area (Å²) in [6.07, 6.45) is 7.34. The van der Waals surface area contributed by atoms with E-state index in [1.807, 2.05) is 20.8 Å². The van der Waals surface area contributed by atoms with Gasteiger partial charge in [-0.3, -0.25) is 4.79 Å². The third-order valence-electron chi connectivity index (χ3n) is 5.33. The Morgan fingerprint density at radius 3 is 2.86 bits per heavy atom. The van der Waals surface area contributed by atoms with E-state index in [0.717, 1.165) is 25.9 Å². The first-order chi connectivity index (χ1) is 10.6. The molecule has 22 heavy (non-hydrogen) atoms. The molecule has 2 aliphatic rings. The molecule has 1 aromatic heterocycles. The largest absolute Gasteiger partial charge is 0.447 e. The molecular weight excluding hydrogens is 280 g/mol. The Morgan fingerprint density at radius 1 is 1.50 bits per heavy atom. The lowest BCUT2D eigenvalue weighted by atomic mass is 9.60. The van der Waals surface area contributed by atoms with Crippen molar-refractivity contribution in [1.82, 2.24) is 10.3 Å². The number of nitrogens with zero attached hydrogens (tertiary/aromatic N) is 1. The molecule has 0 aromatic carbocycles. The Hall–Kier alpha value is -1.36. The van der Waals surface area contributed by atoms with Gasteiger partial charge < -0.3 is 14.5 Å². The standard InChI is InChI=1S/C17H26N2O3/c1-4-21-13-9-12(17(13)7-5-6-8-17)19-16(20)14-15(11(2)3)22-10-18-14/h10-13H,4-9H2,1-3H3,(H,19,20). The van der Waals surface area contributed by atoms with Crippen LogP contribution in [0.2, 0.25) is 0 Å². The molecule has 2 fully saturated rings. The number of hydrogen-bond donors (Lipinski definition) is 1. The molecule has 1 heterocycles. The molecule has 2 aliphatic carbocycles. The maximum absolute atomic E-state index is 12.6. The molecule has 0 saturated heterocycles. The summed E-state index contributed by atoms with van der Waals surface area (Å²) in [6, 6.07) is 0.204. The smallest absolute Gasteiger partial charge is 0.273 e. The Bertz CT molecular complexity index is 532. The maximum atomic E-state index is 12.6. The second-order valence-electron chi connectivity index (χ2n) is 6.87. The van der Waals surface area contributed by atoms with Crippen LogP contribution in [-0.2, 0) is 4.74 Å². The summed E-state index contributed by atoms with van der Waals surface area (Å²) in [4.78, 5) is 16.7. The van der Waals surface area contributed by atoms with Crippen LogP contribution < -0.4 is 5.32 Å². The van der Waals surface area contributed by atoms with Crippen molar-refractivity contribution in [2.45, 2.75) is 70.9 Å². The highest BCUT2D eigenvalue weighted by Gasteiger charge is 2.57. The number of nitrogens with one attached hydrogen (secondary N) is 1. The van der Waals surface area contributed by atoms with Crippen LogP contribution in [0.1, 0.15) is 75.0 Å². The van der Waals surface area contributed by atoms with Crippen LogP contribution in [0, 0.1) is 5.41 Å². The molecule has 2 saturated carbocycles. The number of oxazole rings is 1. The summed E-state index contributed by atoms with van der Waals surface area (Å²) < 4.78 is 11.3. The number of ether oxygens (including phenoxy) is 1. The Kier molecular flexibility index (Phi) is 4.26. The molecule has 1 N–H and O–H groups in total. The van der Waals surface area contributed by atoms with Crippen molar-refractivity contribution in [3.05, 3.63) is 17.8 Å². The number of hydrogen-bond acceptors (Lipinski definition) is 4. The molecule has 0 bridgehead atoms. The highest BCUT2D eigenvalue weighted by Crippen LogP contribution is 2.54. The Balaban J connectivity index is 1.70. The molecule has 1 spiro atoms. The van der Waals surface area contributed by atoms with Crippen LogP contribution in [-0.4, -0.2) is 29.6 Å². The van der Waals surface area contributed by atoms with E-state index in [0.29, 0.717) is 17.6 Å². The highest BCUT2D eigenvalue weighted by atomic mass is 16.5. The van der Waals surface area contributed by atoms with Crippen molar-refractivity contribution in [2.24, 2.45) is 5.41 Å². The second-order valence-corrected chi connectivity index (χ2v) is 6.87. The van der Waals surface area contributed by atoms with E-state index in [9.17, 15) is 4.79 Å². The van der Waals surface area contributed by atoms with E-state index in [2.05, 4.69) is 10.3 Å². The van der Waals surface area contributed by atoms with E-state index >= 15 is 0 Å². The van der Waals surface area contributed by atoms with Gasteiger partial charge in [-0.1, -0.05) is 26.7 Å². The lowest BCUT2D eigenvalue weighted by molar-refractivity contribution is -0.127. The average molecular weight is 306 g/mol. The molecular formula is C17H26N2O3.